The molecule has 212 valence electrons. The number of rotatable bonds is 28. The topological polar surface area (TPSA) is 36.9 Å². The monoisotopic (exact) mass is 508 g/mol. The van der Waals surface area contributed by atoms with Crippen LogP contribution in [0.4, 0.5) is 0 Å². The number of hydrogen-bond donors (Lipinski definition) is 0. The van der Waals surface area contributed by atoms with Crippen LogP contribution >= 0.6 is 0 Å². The van der Waals surface area contributed by atoms with Crippen molar-refractivity contribution in [3.63, 3.8) is 0 Å². The summed E-state index contributed by atoms with van der Waals surface area (Å²) < 4.78 is 22.4. The van der Waals surface area contributed by atoms with Gasteiger partial charge in [0.15, 0.2) is 0 Å². The fraction of sp³-hybridized carbons (Fsp3) is 0.812. The van der Waals surface area contributed by atoms with Crippen LogP contribution in [0, 0.1) is 5.41 Å². The fourth-order valence-electron chi connectivity index (χ4n) is 4.67. The van der Waals surface area contributed by atoms with Gasteiger partial charge in [0.1, 0.15) is 0 Å². The molecule has 0 N–H and O–H groups in total. The molecule has 0 spiro atoms. The van der Waals surface area contributed by atoms with Gasteiger partial charge in [0, 0.05) is 13.7 Å². The van der Waals surface area contributed by atoms with Crippen LogP contribution in [0.5, 0.6) is 0 Å². The van der Waals surface area contributed by atoms with Crippen molar-refractivity contribution < 1.29 is 18.9 Å². The van der Waals surface area contributed by atoms with Gasteiger partial charge in [-0.1, -0.05) is 77.5 Å². The van der Waals surface area contributed by atoms with Crippen LogP contribution in [0.3, 0.4) is 0 Å². The van der Waals surface area contributed by atoms with Crippen LogP contribution in [0.25, 0.3) is 0 Å². The Morgan fingerprint density at radius 2 is 0.806 bits per heavy atom. The van der Waals surface area contributed by atoms with Gasteiger partial charge < -0.3 is 18.9 Å². The van der Waals surface area contributed by atoms with Crippen molar-refractivity contribution in [2.45, 2.75) is 130 Å². The molecule has 0 aliphatic rings. The highest BCUT2D eigenvalue weighted by molar-refractivity contribution is 4.81. The first-order valence-corrected chi connectivity index (χ1v) is 15.0. The van der Waals surface area contributed by atoms with E-state index in [0.29, 0.717) is 5.41 Å². The van der Waals surface area contributed by atoms with Crippen molar-refractivity contribution in [2.75, 3.05) is 33.5 Å². The summed E-state index contributed by atoms with van der Waals surface area (Å²) in [6, 6.07) is 0. The first kappa shape index (κ1) is 34.6. The van der Waals surface area contributed by atoms with Gasteiger partial charge in [-0.05, 0) is 76.0 Å². The molecular formula is C32H60O4. The second kappa shape index (κ2) is 28.2. The van der Waals surface area contributed by atoms with Crippen LogP contribution in [-0.2, 0) is 18.9 Å². The van der Waals surface area contributed by atoms with Crippen molar-refractivity contribution in [2.24, 2.45) is 5.41 Å². The minimum atomic E-state index is 0.353. The predicted octanol–water partition coefficient (Wildman–Crippen LogP) is 9.90. The number of unbranched alkanes of at least 4 members (excludes halogenated alkanes) is 6. The van der Waals surface area contributed by atoms with Gasteiger partial charge in [0.2, 0.25) is 0 Å². The van der Waals surface area contributed by atoms with Gasteiger partial charge >= 0.3 is 0 Å². The molecule has 0 heterocycles. The molecule has 0 aromatic rings. The number of methoxy groups -OCH3 is 1. The van der Waals surface area contributed by atoms with Crippen molar-refractivity contribution >= 4 is 0 Å². The van der Waals surface area contributed by atoms with E-state index in [2.05, 4.69) is 39.0 Å². The van der Waals surface area contributed by atoms with E-state index in [1.54, 1.807) is 7.11 Å². The molecule has 0 atom stereocenters. The van der Waals surface area contributed by atoms with Crippen LogP contribution in [0.15, 0.2) is 37.0 Å². The van der Waals surface area contributed by atoms with Gasteiger partial charge in [-0.2, -0.15) is 0 Å². The summed E-state index contributed by atoms with van der Waals surface area (Å²) in [6.45, 7) is 9.75. The highest BCUT2D eigenvalue weighted by atomic mass is 16.5. The molecule has 0 unspecified atom stereocenters. The Labute approximate surface area is 224 Å². The first-order valence-electron chi connectivity index (χ1n) is 15.0. The maximum Gasteiger partial charge on any atom is 0.0873 e. The molecular weight excluding hydrogens is 448 g/mol. The normalized spacial score (nSPS) is 13.7. The number of ether oxygens (including phenoxy) is 4. The third-order valence-electron chi connectivity index (χ3n) is 6.75. The highest BCUT2D eigenvalue weighted by Gasteiger charge is 2.28. The molecule has 0 bridgehead atoms. The summed E-state index contributed by atoms with van der Waals surface area (Å²) in [7, 11) is 1.79. The van der Waals surface area contributed by atoms with Crippen molar-refractivity contribution in [1.82, 2.24) is 0 Å². The average Bonchev–Trinajstić information content (AvgIpc) is 2.89. The molecule has 0 aromatic heterocycles. The van der Waals surface area contributed by atoms with Gasteiger partial charge in [-0.15, -0.1) is 0 Å². The third-order valence-corrected chi connectivity index (χ3v) is 6.75. The second-order valence-corrected chi connectivity index (χ2v) is 9.98. The summed E-state index contributed by atoms with van der Waals surface area (Å²) in [5.41, 5.74) is 0.353. The van der Waals surface area contributed by atoms with Gasteiger partial charge in [0.25, 0.3) is 0 Å². The lowest BCUT2D eigenvalue weighted by molar-refractivity contribution is 0.124. The van der Waals surface area contributed by atoms with E-state index >= 15 is 0 Å². The van der Waals surface area contributed by atoms with Crippen molar-refractivity contribution in [1.29, 1.82) is 0 Å². The Balaban J connectivity index is 4.84. The predicted molar refractivity (Wildman–Crippen MR) is 155 cm³/mol. The molecule has 0 saturated heterocycles. The van der Waals surface area contributed by atoms with E-state index in [1.807, 2.05) is 18.8 Å². The van der Waals surface area contributed by atoms with Crippen LogP contribution < -0.4 is 0 Å². The van der Waals surface area contributed by atoms with Gasteiger partial charge in [-0.25, -0.2) is 0 Å². The van der Waals surface area contributed by atoms with Gasteiger partial charge in [0.05, 0.1) is 38.6 Å². The Hall–Kier alpha value is -1.42. The lowest BCUT2D eigenvalue weighted by Gasteiger charge is -2.35. The minimum Gasteiger partial charge on any atom is -0.502 e. The molecule has 0 radical (unpaired) electrons. The second-order valence-electron chi connectivity index (χ2n) is 9.98. The van der Waals surface area contributed by atoms with Gasteiger partial charge in [-0.3, -0.25) is 0 Å². The maximum absolute atomic E-state index is 5.75. The van der Waals surface area contributed by atoms with E-state index in [1.165, 1.54) is 70.6 Å². The number of allylic oxidation sites excluding steroid dienone is 3. The third kappa shape index (κ3) is 23.0. The molecule has 0 aromatic carbocycles. The van der Waals surface area contributed by atoms with E-state index in [4.69, 9.17) is 18.9 Å². The lowest BCUT2D eigenvalue weighted by Crippen LogP contribution is -2.23. The fourth-order valence-corrected chi connectivity index (χ4v) is 4.67. The molecule has 0 amide bonds. The first-order chi connectivity index (χ1) is 17.7. The molecule has 4 nitrogen and oxygen atoms in total. The van der Waals surface area contributed by atoms with E-state index in [9.17, 15) is 0 Å². The Kier molecular flexibility index (Phi) is 27.0. The molecule has 0 aliphatic carbocycles. The van der Waals surface area contributed by atoms with E-state index < -0.39 is 0 Å². The lowest BCUT2D eigenvalue weighted by atomic mass is 9.71. The van der Waals surface area contributed by atoms with Crippen molar-refractivity contribution in [3.05, 3.63) is 37.0 Å². The molecule has 0 fully saturated rings. The van der Waals surface area contributed by atoms with Crippen LogP contribution in [0.2, 0.25) is 0 Å². The summed E-state index contributed by atoms with van der Waals surface area (Å²) in [5, 5.41) is 0. The molecule has 0 aliphatic heterocycles. The molecule has 0 saturated carbocycles. The zero-order valence-corrected chi connectivity index (χ0v) is 24.4. The SMILES string of the molecule is CCC=COCCCC(CCCCCCCCCOC)(CCCOC=CCC)CCCOC=CCC. The van der Waals surface area contributed by atoms with Crippen LogP contribution in [-0.4, -0.2) is 33.5 Å². The summed E-state index contributed by atoms with van der Waals surface area (Å²) >= 11 is 0. The quantitative estimate of drug-likeness (QED) is 0.0778. The summed E-state index contributed by atoms with van der Waals surface area (Å²) in [5.74, 6) is 0. The standard InChI is InChI=1S/C32H60O4/c1-5-8-26-34-29-18-22-32(23-19-30-35-27-9-6-2,24-20-31-36-28-10-7-3)21-16-14-12-11-13-15-17-25-33-4/h8-10,26-28H,5-7,11-25,29-31H2,1-4H3. The minimum absolute atomic E-state index is 0.353. The Morgan fingerprint density at radius 3 is 1.19 bits per heavy atom. The highest BCUT2D eigenvalue weighted by Crippen LogP contribution is 2.40. The van der Waals surface area contributed by atoms with Crippen LogP contribution in [0.1, 0.15) is 130 Å². The summed E-state index contributed by atoms with van der Waals surface area (Å²) in [4.78, 5) is 0. The Morgan fingerprint density at radius 1 is 0.444 bits per heavy atom. The van der Waals surface area contributed by atoms with Crippen molar-refractivity contribution in [3.8, 4) is 0 Å². The largest absolute Gasteiger partial charge is 0.502 e. The average molecular weight is 509 g/mol. The zero-order chi connectivity index (χ0) is 26.4. The molecule has 4 heteroatoms. The molecule has 36 heavy (non-hydrogen) atoms. The number of hydrogen-bond acceptors (Lipinski definition) is 4. The maximum atomic E-state index is 5.75. The van der Waals surface area contributed by atoms with E-state index in [0.717, 1.165) is 65.0 Å². The summed E-state index contributed by atoms with van der Waals surface area (Å²) in [6.07, 6.45) is 32.4. The van der Waals surface area contributed by atoms with E-state index in [-0.39, 0.29) is 0 Å². The smallest absolute Gasteiger partial charge is 0.0873 e. The Bertz CT molecular complexity index is 457. The zero-order valence-electron chi connectivity index (χ0n) is 24.4. The molecule has 0 rings (SSSR count).